The van der Waals surface area contributed by atoms with Crippen molar-refractivity contribution in [2.75, 3.05) is 20.3 Å². The molecule has 1 amide bonds. The number of carbonyl (C=O) groups excluding carboxylic acids is 1. The zero-order valence-corrected chi connectivity index (χ0v) is 16.0. The Balaban J connectivity index is 1.73. The van der Waals surface area contributed by atoms with E-state index in [4.69, 9.17) is 14.6 Å². The minimum Gasteiger partial charge on any atom is -0.497 e. The minimum absolute atomic E-state index is 0.0114. The van der Waals surface area contributed by atoms with E-state index in [1.807, 2.05) is 48.5 Å². The van der Waals surface area contributed by atoms with E-state index in [9.17, 15) is 9.59 Å². The first kappa shape index (κ1) is 19.7. The van der Waals surface area contributed by atoms with Gasteiger partial charge in [0.1, 0.15) is 18.1 Å². The van der Waals surface area contributed by atoms with Gasteiger partial charge in [-0.3, -0.25) is 9.59 Å². The average molecular weight is 383 g/mol. The standard InChI is InChI=1S/C22H25NO5/c1-27-19-9-10-20-17(13-19)12-18(15-28-20)22(26)23(11-5-8-21(24)25)14-16-6-3-2-4-7-16/h2-4,6-7,9-10,13,18H,5,8,11-12,14-15H2,1H3,(H,24,25). The van der Waals surface area contributed by atoms with Crippen LogP contribution < -0.4 is 9.47 Å². The van der Waals surface area contributed by atoms with Crippen LogP contribution in [0, 0.1) is 5.92 Å². The lowest BCUT2D eigenvalue weighted by Gasteiger charge is -2.30. The highest BCUT2D eigenvalue weighted by atomic mass is 16.5. The SMILES string of the molecule is COc1ccc2c(c1)CC(C(=O)N(CCCC(=O)O)Cc1ccccc1)CO2. The van der Waals surface area contributed by atoms with E-state index in [1.54, 1.807) is 12.0 Å². The summed E-state index contributed by atoms with van der Waals surface area (Å²) in [6.45, 7) is 1.19. The molecule has 0 aliphatic carbocycles. The molecule has 0 bridgehead atoms. The second-order valence-electron chi connectivity index (χ2n) is 6.93. The summed E-state index contributed by atoms with van der Waals surface area (Å²) in [6.07, 6.45) is 1.04. The first-order chi connectivity index (χ1) is 13.6. The predicted molar refractivity (Wildman–Crippen MR) is 104 cm³/mol. The Morgan fingerprint density at radius 2 is 2.00 bits per heavy atom. The summed E-state index contributed by atoms with van der Waals surface area (Å²) < 4.78 is 11.1. The predicted octanol–water partition coefficient (Wildman–Crippen LogP) is 3.14. The number of carboxylic acid groups (broad SMARTS) is 1. The van der Waals surface area contributed by atoms with Crippen LogP contribution in [0.15, 0.2) is 48.5 Å². The third kappa shape index (κ3) is 5.03. The van der Waals surface area contributed by atoms with E-state index in [2.05, 4.69) is 0 Å². The largest absolute Gasteiger partial charge is 0.497 e. The molecule has 1 aliphatic rings. The molecular weight excluding hydrogens is 358 g/mol. The van der Waals surface area contributed by atoms with Crippen molar-refractivity contribution in [3.63, 3.8) is 0 Å². The smallest absolute Gasteiger partial charge is 0.303 e. The molecule has 3 rings (SSSR count). The monoisotopic (exact) mass is 383 g/mol. The molecular formula is C22H25NO5. The maximum absolute atomic E-state index is 13.2. The van der Waals surface area contributed by atoms with Crippen molar-refractivity contribution in [3.8, 4) is 11.5 Å². The number of ether oxygens (including phenoxy) is 2. The zero-order chi connectivity index (χ0) is 19.9. The van der Waals surface area contributed by atoms with E-state index < -0.39 is 5.97 Å². The van der Waals surface area contributed by atoms with E-state index >= 15 is 0 Å². The number of methoxy groups -OCH3 is 1. The third-order valence-corrected chi connectivity index (χ3v) is 4.87. The van der Waals surface area contributed by atoms with Gasteiger partial charge in [0.05, 0.1) is 13.0 Å². The lowest BCUT2D eigenvalue weighted by atomic mass is 9.95. The zero-order valence-electron chi connectivity index (χ0n) is 16.0. The van der Waals surface area contributed by atoms with Gasteiger partial charge in [-0.2, -0.15) is 0 Å². The summed E-state index contributed by atoms with van der Waals surface area (Å²) in [5, 5.41) is 8.93. The maximum Gasteiger partial charge on any atom is 0.303 e. The second kappa shape index (κ2) is 9.26. The van der Waals surface area contributed by atoms with Gasteiger partial charge < -0.3 is 19.5 Å². The third-order valence-electron chi connectivity index (χ3n) is 4.87. The van der Waals surface area contributed by atoms with Gasteiger partial charge in [0.15, 0.2) is 0 Å². The van der Waals surface area contributed by atoms with Crippen LogP contribution >= 0.6 is 0 Å². The molecule has 0 radical (unpaired) electrons. The first-order valence-corrected chi connectivity index (χ1v) is 9.41. The Morgan fingerprint density at radius 1 is 1.21 bits per heavy atom. The highest BCUT2D eigenvalue weighted by Gasteiger charge is 2.30. The number of nitrogens with zero attached hydrogens (tertiary/aromatic N) is 1. The lowest BCUT2D eigenvalue weighted by Crippen LogP contribution is -2.41. The second-order valence-corrected chi connectivity index (χ2v) is 6.93. The molecule has 0 saturated heterocycles. The molecule has 6 heteroatoms. The van der Waals surface area contributed by atoms with Crippen LogP contribution in [0.1, 0.15) is 24.0 Å². The first-order valence-electron chi connectivity index (χ1n) is 9.41. The summed E-state index contributed by atoms with van der Waals surface area (Å²) in [5.74, 6) is 0.355. The topological polar surface area (TPSA) is 76.1 Å². The normalized spacial score (nSPS) is 15.2. The number of carbonyl (C=O) groups is 2. The van der Waals surface area contributed by atoms with Crippen LogP contribution in [0.2, 0.25) is 0 Å². The van der Waals surface area contributed by atoms with Gasteiger partial charge in [-0.05, 0) is 42.2 Å². The highest BCUT2D eigenvalue weighted by Crippen LogP contribution is 2.31. The highest BCUT2D eigenvalue weighted by molar-refractivity contribution is 5.80. The molecule has 28 heavy (non-hydrogen) atoms. The van der Waals surface area contributed by atoms with E-state index in [-0.39, 0.29) is 18.2 Å². The summed E-state index contributed by atoms with van der Waals surface area (Å²) in [6, 6.07) is 15.3. The molecule has 0 saturated carbocycles. The van der Waals surface area contributed by atoms with Crippen LogP contribution in [0.3, 0.4) is 0 Å². The molecule has 1 heterocycles. The van der Waals surface area contributed by atoms with Crippen molar-refractivity contribution >= 4 is 11.9 Å². The van der Waals surface area contributed by atoms with Gasteiger partial charge in [0.25, 0.3) is 0 Å². The van der Waals surface area contributed by atoms with Gasteiger partial charge in [-0.1, -0.05) is 30.3 Å². The summed E-state index contributed by atoms with van der Waals surface area (Å²) in [4.78, 5) is 25.8. The number of amides is 1. The lowest BCUT2D eigenvalue weighted by molar-refractivity contribution is -0.140. The Morgan fingerprint density at radius 3 is 2.71 bits per heavy atom. The summed E-state index contributed by atoms with van der Waals surface area (Å²) in [7, 11) is 1.61. The number of hydrogen-bond acceptors (Lipinski definition) is 4. The molecule has 1 aliphatic heterocycles. The van der Waals surface area contributed by atoms with E-state index in [1.165, 1.54) is 0 Å². The fourth-order valence-corrected chi connectivity index (χ4v) is 3.41. The molecule has 0 spiro atoms. The number of hydrogen-bond donors (Lipinski definition) is 1. The Hall–Kier alpha value is -3.02. The molecule has 1 N–H and O–H groups in total. The number of fused-ring (bicyclic) bond motifs is 1. The van der Waals surface area contributed by atoms with Crippen LogP contribution in [-0.4, -0.2) is 42.1 Å². The van der Waals surface area contributed by atoms with Crippen molar-refractivity contribution < 1.29 is 24.2 Å². The van der Waals surface area contributed by atoms with Gasteiger partial charge >= 0.3 is 5.97 Å². The Kier molecular flexibility index (Phi) is 6.53. The molecule has 1 atom stereocenters. The Labute approximate surface area is 164 Å². The van der Waals surface area contributed by atoms with Crippen LogP contribution in [0.25, 0.3) is 0 Å². The van der Waals surface area contributed by atoms with Crippen LogP contribution in [-0.2, 0) is 22.6 Å². The van der Waals surface area contributed by atoms with E-state index in [0.29, 0.717) is 32.5 Å². The number of carboxylic acids is 1. The number of aliphatic carboxylic acids is 1. The average Bonchev–Trinajstić information content (AvgIpc) is 2.72. The number of benzene rings is 2. The van der Waals surface area contributed by atoms with Crippen LogP contribution in [0.5, 0.6) is 11.5 Å². The fraction of sp³-hybridized carbons (Fsp3) is 0.364. The molecule has 148 valence electrons. The number of rotatable bonds is 8. The molecule has 2 aromatic carbocycles. The molecule has 2 aromatic rings. The van der Waals surface area contributed by atoms with Crippen molar-refractivity contribution in [1.82, 2.24) is 4.90 Å². The maximum atomic E-state index is 13.2. The minimum atomic E-state index is -0.853. The quantitative estimate of drug-likeness (QED) is 0.758. The van der Waals surface area contributed by atoms with Gasteiger partial charge in [-0.15, -0.1) is 0 Å². The molecule has 6 nitrogen and oxygen atoms in total. The van der Waals surface area contributed by atoms with Gasteiger partial charge in [0.2, 0.25) is 5.91 Å². The van der Waals surface area contributed by atoms with Crippen molar-refractivity contribution in [3.05, 3.63) is 59.7 Å². The molecule has 1 unspecified atom stereocenters. The van der Waals surface area contributed by atoms with E-state index in [0.717, 1.165) is 22.6 Å². The molecule has 0 fully saturated rings. The van der Waals surface area contributed by atoms with Crippen LogP contribution in [0.4, 0.5) is 0 Å². The molecule has 0 aromatic heterocycles. The van der Waals surface area contributed by atoms with Crippen molar-refractivity contribution in [1.29, 1.82) is 0 Å². The fourth-order valence-electron chi connectivity index (χ4n) is 3.41. The summed E-state index contributed by atoms with van der Waals surface area (Å²) in [5.41, 5.74) is 1.97. The van der Waals surface area contributed by atoms with Gasteiger partial charge in [0, 0.05) is 19.5 Å². The van der Waals surface area contributed by atoms with Crippen molar-refractivity contribution in [2.24, 2.45) is 5.92 Å². The van der Waals surface area contributed by atoms with Crippen molar-refractivity contribution in [2.45, 2.75) is 25.8 Å². The van der Waals surface area contributed by atoms with Gasteiger partial charge in [-0.25, -0.2) is 0 Å². The Bertz CT molecular complexity index is 821. The summed E-state index contributed by atoms with van der Waals surface area (Å²) >= 11 is 0.